The van der Waals surface area contributed by atoms with E-state index in [1.165, 1.54) is 6.07 Å². The number of alkyl halides is 12. The van der Waals surface area contributed by atoms with E-state index < -0.39 is 54.3 Å². The van der Waals surface area contributed by atoms with Gasteiger partial charge in [-0.25, -0.2) is 4.99 Å². The summed E-state index contributed by atoms with van der Waals surface area (Å²) in [6, 6.07) is 7.06. The van der Waals surface area contributed by atoms with Gasteiger partial charge in [-0.2, -0.15) is 57.9 Å². The van der Waals surface area contributed by atoms with E-state index in [-0.39, 0.29) is 16.3 Å². The number of nitrogens with one attached hydrogen (secondary N) is 1. The number of aryl methyl sites for hydroxylation is 2. The van der Waals surface area contributed by atoms with Crippen molar-refractivity contribution < 1.29 is 62.2 Å². The molecular formula is C24H15F12N3O2S. The van der Waals surface area contributed by atoms with Crippen molar-refractivity contribution in [1.29, 1.82) is 5.26 Å². The molecule has 2 heterocycles. The Morgan fingerprint density at radius 3 is 1.81 bits per heavy atom. The SMILES string of the molecule is Cc1cccc(C)c1SC(=C1C=CC(OC(C(F)(F)F)C(F)(F)F)=N1)c1cc(C#N)c(OC(C(F)(F)F)C(F)(F)F)[nH]1. The summed E-state index contributed by atoms with van der Waals surface area (Å²) in [4.78, 5) is 5.99. The third-order valence-electron chi connectivity index (χ3n) is 5.27. The third kappa shape index (κ3) is 7.55. The van der Waals surface area contributed by atoms with Crippen LogP contribution in [0, 0.1) is 25.2 Å². The van der Waals surface area contributed by atoms with Crippen LogP contribution in [-0.4, -0.2) is 47.8 Å². The minimum Gasteiger partial charge on any atom is -0.455 e. The number of rotatable bonds is 6. The van der Waals surface area contributed by atoms with Crippen LogP contribution in [-0.2, 0) is 4.74 Å². The van der Waals surface area contributed by atoms with Crippen LogP contribution in [0.3, 0.4) is 0 Å². The molecule has 0 fully saturated rings. The Labute approximate surface area is 232 Å². The lowest BCUT2D eigenvalue weighted by molar-refractivity contribution is -0.303. The molecule has 1 aromatic carbocycles. The van der Waals surface area contributed by atoms with Crippen molar-refractivity contribution >= 4 is 22.6 Å². The maximum atomic E-state index is 13.1. The number of thioether (sulfide) groups is 1. The van der Waals surface area contributed by atoms with E-state index in [4.69, 9.17) is 0 Å². The first-order chi connectivity index (χ1) is 19.1. The summed E-state index contributed by atoms with van der Waals surface area (Å²) < 4.78 is 165. The maximum absolute atomic E-state index is 13.1. The molecule has 0 saturated carbocycles. The van der Waals surface area contributed by atoms with Crippen LogP contribution in [0.5, 0.6) is 5.88 Å². The van der Waals surface area contributed by atoms with E-state index in [2.05, 4.69) is 19.5 Å². The van der Waals surface area contributed by atoms with Crippen molar-refractivity contribution in [2.45, 2.75) is 55.7 Å². The van der Waals surface area contributed by atoms with Gasteiger partial charge in [0.1, 0.15) is 11.6 Å². The molecule has 3 rings (SSSR count). The number of H-pyrrole nitrogens is 1. The number of allylic oxidation sites excluding steroid dienone is 1. The zero-order valence-electron chi connectivity index (χ0n) is 20.8. The predicted octanol–water partition coefficient (Wildman–Crippen LogP) is 8.31. The highest BCUT2D eigenvalue weighted by molar-refractivity contribution is 8.08. The summed E-state index contributed by atoms with van der Waals surface area (Å²) in [7, 11) is 0. The molecule has 0 aliphatic carbocycles. The number of halogens is 12. The predicted molar refractivity (Wildman–Crippen MR) is 124 cm³/mol. The van der Waals surface area contributed by atoms with Crippen LogP contribution < -0.4 is 4.74 Å². The molecule has 1 aromatic heterocycles. The van der Waals surface area contributed by atoms with Gasteiger partial charge in [0, 0.05) is 11.0 Å². The summed E-state index contributed by atoms with van der Waals surface area (Å²) in [6.45, 7) is 3.25. The van der Waals surface area contributed by atoms with Crippen molar-refractivity contribution in [3.05, 3.63) is 64.5 Å². The highest BCUT2D eigenvalue weighted by Crippen LogP contribution is 2.44. The Balaban J connectivity index is 2.16. The second kappa shape index (κ2) is 11.5. The monoisotopic (exact) mass is 637 g/mol. The van der Waals surface area contributed by atoms with E-state index in [0.717, 1.165) is 23.9 Å². The molecule has 1 N–H and O–H groups in total. The fraction of sp³-hybridized carbons (Fsp3) is 0.333. The van der Waals surface area contributed by atoms with E-state index in [1.807, 2.05) is 0 Å². The van der Waals surface area contributed by atoms with Gasteiger partial charge >= 0.3 is 24.7 Å². The van der Waals surface area contributed by atoms with E-state index >= 15 is 0 Å². The van der Waals surface area contributed by atoms with Crippen LogP contribution in [0.15, 0.2) is 52.0 Å². The van der Waals surface area contributed by atoms with E-state index in [9.17, 15) is 57.9 Å². The molecule has 228 valence electrons. The summed E-state index contributed by atoms with van der Waals surface area (Å²) in [6.07, 6.45) is -30.7. The van der Waals surface area contributed by atoms with Crippen molar-refractivity contribution in [3.63, 3.8) is 0 Å². The lowest BCUT2D eigenvalue weighted by Crippen LogP contribution is -2.46. The summed E-state index contributed by atoms with van der Waals surface area (Å²) in [5.74, 6) is -2.38. The van der Waals surface area contributed by atoms with Gasteiger partial charge in [0.25, 0.3) is 12.2 Å². The molecule has 1 aliphatic rings. The number of ether oxygens (including phenoxy) is 2. The highest BCUT2D eigenvalue weighted by atomic mass is 32.2. The smallest absolute Gasteiger partial charge is 0.434 e. The largest absolute Gasteiger partial charge is 0.455 e. The first-order valence-electron chi connectivity index (χ1n) is 11.1. The first-order valence-corrected chi connectivity index (χ1v) is 11.9. The molecule has 18 heteroatoms. The molecule has 0 bridgehead atoms. The molecule has 42 heavy (non-hydrogen) atoms. The van der Waals surface area contributed by atoms with Crippen LogP contribution in [0.4, 0.5) is 52.7 Å². The van der Waals surface area contributed by atoms with Crippen molar-refractivity contribution in [1.82, 2.24) is 4.98 Å². The Bertz CT molecular complexity index is 1410. The van der Waals surface area contributed by atoms with Gasteiger partial charge in [0.05, 0.1) is 16.3 Å². The Morgan fingerprint density at radius 1 is 0.833 bits per heavy atom. The summed E-state index contributed by atoms with van der Waals surface area (Å²) >= 11 is 0.767. The second-order valence-electron chi connectivity index (χ2n) is 8.52. The van der Waals surface area contributed by atoms with Crippen molar-refractivity contribution in [2.24, 2.45) is 4.99 Å². The van der Waals surface area contributed by atoms with Gasteiger partial charge in [-0.3, -0.25) is 0 Å². The molecule has 0 unspecified atom stereocenters. The van der Waals surface area contributed by atoms with Crippen LogP contribution in [0.25, 0.3) is 4.91 Å². The molecule has 0 atom stereocenters. The second-order valence-corrected chi connectivity index (χ2v) is 9.54. The molecule has 0 spiro atoms. The third-order valence-corrected chi connectivity index (χ3v) is 6.75. The maximum Gasteiger partial charge on any atom is 0.434 e. The van der Waals surface area contributed by atoms with E-state index in [1.54, 1.807) is 32.0 Å². The Hall–Kier alpha value is -3.75. The molecule has 0 radical (unpaired) electrons. The highest BCUT2D eigenvalue weighted by Gasteiger charge is 2.60. The topological polar surface area (TPSA) is 70.4 Å². The van der Waals surface area contributed by atoms with Crippen LogP contribution in [0.2, 0.25) is 0 Å². The minimum atomic E-state index is -5.94. The number of nitrogens with zero attached hydrogens (tertiary/aromatic N) is 2. The van der Waals surface area contributed by atoms with Crippen molar-refractivity contribution in [2.75, 3.05) is 0 Å². The van der Waals surface area contributed by atoms with E-state index in [0.29, 0.717) is 22.1 Å². The standard InChI is InChI=1S/C24H15F12N3O2S/c1-10-4-3-5-11(2)16(10)42-17(13-6-7-15(38-13)40-19(21(25,26)27)22(28,29)30)14-8-12(9-37)18(39-14)41-20(23(31,32)33)24(34,35)36/h3-8,19-20,39H,1-2H3. The molecular weight excluding hydrogens is 622 g/mol. The molecule has 1 aliphatic heterocycles. The first kappa shape index (κ1) is 32.8. The lowest BCUT2D eigenvalue weighted by atomic mass is 10.2. The Kier molecular flexibility index (Phi) is 8.97. The normalized spacial score (nSPS) is 15.7. The quantitative estimate of drug-likeness (QED) is 0.256. The fourth-order valence-electron chi connectivity index (χ4n) is 3.45. The Morgan fingerprint density at radius 2 is 1.33 bits per heavy atom. The molecule has 2 aromatic rings. The fourth-order valence-corrected chi connectivity index (χ4v) is 4.55. The van der Waals surface area contributed by atoms with Gasteiger partial charge in [-0.05, 0) is 37.1 Å². The molecule has 5 nitrogen and oxygen atoms in total. The zero-order chi connectivity index (χ0) is 31.8. The summed E-state index contributed by atoms with van der Waals surface area (Å²) in [5.41, 5.74) is -0.410. The number of aromatic amines is 1. The average molecular weight is 637 g/mol. The van der Waals surface area contributed by atoms with Gasteiger partial charge in [-0.15, -0.1) is 0 Å². The van der Waals surface area contributed by atoms with Crippen molar-refractivity contribution in [3.8, 4) is 11.9 Å². The van der Waals surface area contributed by atoms with Crippen LogP contribution in [0.1, 0.15) is 22.4 Å². The molecule has 0 saturated heterocycles. The minimum absolute atomic E-state index is 0.209. The number of hydrogen-bond donors (Lipinski definition) is 1. The summed E-state index contributed by atoms with van der Waals surface area (Å²) in [5, 5.41) is 9.36. The number of aromatic nitrogens is 1. The lowest BCUT2D eigenvalue weighted by Gasteiger charge is -2.23. The zero-order valence-corrected chi connectivity index (χ0v) is 21.6. The van der Waals surface area contributed by atoms with Gasteiger partial charge in [0.2, 0.25) is 11.8 Å². The van der Waals surface area contributed by atoms with Gasteiger partial charge < -0.3 is 14.5 Å². The number of nitriles is 1. The molecule has 0 amide bonds. The average Bonchev–Trinajstić information content (AvgIpc) is 3.45. The number of aliphatic imine (C=N–C) groups is 1. The van der Waals surface area contributed by atoms with Crippen LogP contribution >= 0.6 is 11.8 Å². The number of hydrogen-bond acceptors (Lipinski definition) is 5. The van der Waals surface area contributed by atoms with Gasteiger partial charge in [0.15, 0.2) is 0 Å². The van der Waals surface area contributed by atoms with Gasteiger partial charge in [-0.1, -0.05) is 30.0 Å². The number of benzene rings is 1.